The quantitative estimate of drug-likeness (QED) is 0.0776. The van der Waals surface area contributed by atoms with E-state index in [1.807, 2.05) is 62.4 Å². The van der Waals surface area contributed by atoms with Gasteiger partial charge in [0.1, 0.15) is 6.10 Å². The molecule has 3 aromatic rings. The summed E-state index contributed by atoms with van der Waals surface area (Å²) in [5.74, 6) is -1.13. The van der Waals surface area contributed by atoms with Gasteiger partial charge in [-0.2, -0.15) is 0 Å². The lowest BCUT2D eigenvalue weighted by Crippen LogP contribution is -2.54. The van der Waals surface area contributed by atoms with Crippen molar-refractivity contribution < 1.29 is 37.7 Å². The zero-order chi connectivity index (χ0) is 41.3. The maximum absolute atomic E-state index is 14.0. The van der Waals surface area contributed by atoms with Gasteiger partial charge in [-0.25, -0.2) is 4.79 Å². The number of hydrogen-bond acceptors (Lipinski definition) is 8. The number of Topliss-reactive ketones (excluding diaryl/α,β-unsaturated/α-hetero) is 1. The molecule has 0 amide bonds. The van der Waals surface area contributed by atoms with Crippen LogP contribution in [-0.2, 0) is 50.9 Å². The summed E-state index contributed by atoms with van der Waals surface area (Å²) in [6, 6.07) is 33.8. The summed E-state index contributed by atoms with van der Waals surface area (Å²) in [6.45, 7) is 18.3. The summed E-state index contributed by atoms with van der Waals surface area (Å²) in [4.78, 5) is 27.6. The van der Waals surface area contributed by atoms with Crippen molar-refractivity contribution in [3.05, 3.63) is 102 Å². The number of ether oxygens (including phenoxy) is 5. The van der Waals surface area contributed by atoms with Crippen LogP contribution < -0.4 is 5.19 Å². The van der Waals surface area contributed by atoms with Crippen LogP contribution in [0.1, 0.15) is 91.2 Å². The fourth-order valence-corrected chi connectivity index (χ4v) is 15.3. The van der Waals surface area contributed by atoms with Crippen LogP contribution in [0.4, 0.5) is 0 Å². The first-order valence-electron chi connectivity index (χ1n) is 21.2. The second-order valence-electron chi connectivity index (χ2n) is 17.6. The molecule has 0 bridgehead atoms. The van der Waals surface area contributed by atoms with Crippen molar-refractivity contribution in [3.63, 3.8) is 0 Å². The summed E-state index contributed by atoms with van der Waals surface area (Å²) in [5, 5.41) is 1.31. The van der Waals surface area contributed by atoms with Crippen molar-refractivity contribution >= 4 is 33.3 Å². The number of carbonyl (C=O) groups is 2. The summed E-state index contributed by atoms with van der Waals surface area (Å²) in [6.07, 6.45) is 1.75. The molecule has 7 atom stereocenters. The van der Waals surface area contributed by atoms with Gasteiger partial charge in [0.05, 0.1) is 46.2 Å². The minimum atomic E-state index is -2.29. The second kappa shape index (κ2) is 19.4. The van der Waals surface area contributed by atoms with E-state index in [0.29, 0.717) is 45.3 Å². The van der Waals surface area contributed by atoms with E-state index >= 15 is 0 Å². The third-order valence-electron chi connectivity index (χ3n) is 13.1. The van der Waals surface area contributed by atoms with Crippen LogP contribution in [-0.4, -0.2) is 70.6 Å². The average Bonchev–Trinajstić information content (AvgIpc) is 3.82. The molecule has 5 rings (SSSR count). The van der Waals surface area contributed by atoms with Crippen LogP contribution in [0.15, 0.2) is 91.0 Å². The number of hydrogen-bond donors (Lipinski definition) is 0. The summed E-state index contributed by atoms with van der Waals surface area (Å²) >= 11 is 0. The van der Waals surface area contributed by atoms with Crippen molar-refractivity contribution in [1.29, 1.82) is 0 Å². The van der Waals surface area contributed by atoms with Gasteiger partial charge in [-0.05, 0) is 74.8 Å². The van der Waals surface area contributed by atoms with Gasteiger partial charge in [0.2, 0.25) is 0 Å². The lowest BCUT2D eigenvalue weighted by molar-refractivity contribution is -0.220. The van der Waals surface area contributed by atoms with Crippen LogP contribution in [0.3, 0.4) is 0 Å². The molecule has 2 saturated heterocycles. The highest BCUT2D eigenvalue weighted by Gasteiger charge is 2.58. The van der Waals surface area contributed by atoms with Gasteiger partial charge in [-0.3, -0.25) is 4.79 Å². The topological polar surface area (TPSA) is 89.5 Å². The predicted octanol–water partition coefficient (Wildman–Crippen LogP) is 9.91. The maximum Gasteiger partial charge on any atom is 0.337 e. The van der Waals surface area contributed by atoms with E-state index in [-0.39, 0.29) is 35.9 Å². The van der Waals surface area contributed by atoms with Crippen LogP contribution >= 0.6 is 0 Å². The van der Waals surface area contributed by atoms with Gasteiger partial charge >= 0.3 is 5.97 Å². The lowest BCUT2D eigenvalue weighted by atomic mass is 9.88. The fraction of sp³-hybridized carbons (Fsp3) is 0.574. The van der Waals surface area contributed by atoms with Gasteiger partial charge in [-0.1, -0.05) is 130 Å². The smallest absolute Gasteiger partial charge is 0.337 e. The van der Waals surface area contributed by atoms with Crippen LogP contribution in [0.2, 0.25) is 36.8 Å². The highest BCUT2D eigenvalue weighted by atomic mass is 28.4. The van der Waals surface area contributed by atoms with Crippen molar-refractivity contribution in [2.75, 3.05) is 7.11 Å². The van der Waals surface area contributed by atoms with Crippen molar-refractivity contribution in [3.8, 4) is 0 Å². The van der Waals surface area contributed by atoms with E-state index in [2.05, 4.69) is 83.3 Å². The minimum absolute atomic E-state index is 0.0479. The Hall–Kier alpha value is -2.97. The van der Waals surface area contributed by atoms with Gasteiger partial charge in [0, 0.05) is 19.3 Å². The van der Waals surface area contributed by atoms with E-state index in [1.165, 1.54) is 12.3 Å². The molecule has 2 fully saturated rings. The largest absolute Gasteiger partial charge is 0.467 e. The molecule has 0 aliphatic carbocycles. The summed E-state index contributed by atoms with van der Waals surface area (Å²) in [7, 11) is -3.09. The van der Waals surface area contributed by atoms with Gasteiger partial charge in [0.15, 0.2) is 25.5 Å². The Morgan fingerprint density at radius 1 is 0.842 bits per heavy atom. The van der Waals surface area contributed by atoms with Gasteiger partial charge < -0.3 is 28.1 Å². The van der Waals surface area contributed by atoms with E-state index in [0.717, 1.165) is 29.3 Å². The average molecular weight is 817 g/mol. The zero-order valence-electron chi connectivity index (χ0n) is 36.0. The zero-order valence-corrected chi connectivity index (χ0v) is 38.0. The molecular weight excluding hydrogens is 749 g/mol. The molecule has 0 saturated carbocycles. The van der Waals surface area contributed by atoms with Crippen molar-refractivity contribution in [2.24, 2.45) is 0 Å². The molecule has 2 heterocycles. The van der Waals surface area contributed by atoms with E-state index < -0.39 is 39.5 Å². The normalized spacial score (nSPS) is 25.5. The van der Waals surface area contributed by atoms with Crippen molar-refractivity contribution in [2.45, 2.75) is 165 Å². The first kappa shape index (κ1) is 45.1. The Balaban J connectivity index is 1.45. The van der Waals surface area contributed by atoms with Crippen LogP contribution in [0.5, 0.6) is 0 Å². The van der Waals surface area contributed by atoms with Crippen LogP contribution in [0.25, 0.3) is 0 Å². The highest BCUT2D eigenvalue weighted by Crippen LogP contribution is 2.49. The third kappa shape index (κ3) is 11.2. The Labute approximate surface area is 344 Å². The number of rotatable bonds is 21. The molecule has 57 heavy (non-hydrogen) atoms. The first-order chi connectivity index (χ1) is 27.1. The van der Waals surface area contributed by atoms with E-state index in [4.69, 9.17) is 28.1 Å². The third-order valence-corrected chi connectivity index (χ3v) is 22.0. The molecule has 10 heteroatoms. The number of benzene rings is 3. The van der Waals surface area contributed by atoms with Gasteiger partial charge in [0.25, 0.3) is 0 Å². The summed E-state index contributed by atoms with van der Waals surface area (Å²) < 4.78 is 39.6. The lowest BCUT2D eigenvalue weighted by Gasteiger charge is -2.44. The molecule has 0 aromatic heterocycles. The SMILES string of the molecule is CC[Si](CC)(CC)O[C@H](C[C@](C)(CCC(=O)[C@H]1CC[C@](C)(OCc2ccccc2)O1)OCc1ccccc1)[C@@H]1O[C@@](C)(C(=O)OC)C[C@H]1[Si](C)(C)c1ccccc1. The van der Waals surface area contributed by atoms with E-state index in [1.54, 1.807) is 0 Å². The minimum Gasteiger partial charge on any atom is -0.467 e. The molecular formula is C47H68O8Si2. The molecule has 8 nitrogen and oxygen atoms in total. The molecule has 0 radical (unpaired) electrons. The highest BCUT2D eigenvalue weighted by molar-refractivity contribution is 6.91. The molecule has 0 spiro atoms. The molecule has 3 aromatic carbocycles. The summed E-state index contributed by atoms with van der Waals surface area (Å²) in [5.41, 5.74) is 0.284. The standard InChI is InChI=1S/C47H68O8Si2/c1-10-57(11-2,12-3)55-41(43-42(33-46(5,54-43)44(49)50-7)56(8,9)38-26-20-15-21-27-38)32-45(4,51-34-36-22-16-13-17-23-36)30-28-39(48)40-29-31-47(6,53-40)52-35-37-24-18-14-19-25-37/h13-27,40-43H,10-12,28-35H2,1-9H3/t40-,41-,42-,43+,45+,46-,47-/m1/s1. The Morgan fingerprint density at radius 2 is 1.40 bits per heavy atom. The van der Waals surface area contributed by atoms with Crippen molar-refractivity contribution in [1.82, 2.24) is 0 Å². The number of ketones is 1. The monoisotopic (exact) mass is 816 g/mol. The molecule has 312 valence electrons. The van der Waals surface area contributed by atoms with E-state index in [9.17, 15) is 9.59 Å². The van der Waals surface area contributed by atoms with Gasteiger partial charge in [-0.15, -0.1) is 0 Å². The Bertz CT molecular complexity index is 1710. The fourth-order valence-electron chi connectivity index (χ4n) is 8.94. The number of carbonyl (C=O) groups excluding carboxylic acids is 2. The molecule has 0 N–H and O–H groups in total. The Kier molecular flexibility index (Phi) is 15.4. The molecule has 2 aliphatic rings. The Morgan fingerprint density at radius 3 is 1.96 bits per heavy atom. The number of esters is 1. The first-order valence-corrected chi connectivity index (χ1v) is 26.8. The molecule has 0 unspecified atom stereocenters. The molecule has 2 aliphatic heterocycles. The maximum atomic E-state index is 14.0. The second-order valence-corrected chi connectivity index (χ2v) is 27.0. The van der Waals surface area contributed by atoms with Crippen LogP contribution in [0, 0.1) is 0 Å². The number of methoxy groups -OCH3 is 1. The predicted molar refractivity (Wildman–Crippen MR) is 232 cm³/mol.